The van der Waals surface area contributed by atoms with Gasteiger partial charge in [0.25, 0.3) is 0 Å². The summed E-state index contributed by atoms with van der Waals surface area (Å²) in [6, 6.07) is 2.31. The fraction of sp³-hybridized carbons (Fsp3) is 1.00. The Morgan fingerprint density at radius 1 is 0.846 bits per heavy atom. The zero-order valence-electron chi connectivity index (χ0n) is 9.67. The van der Waals surface area contributed by atoms with E-state index in [1.54, 1.807) is 0 Å². The van der Waals surface area contributed by atoms with Gasteiger partial charge in [0, 0.05) is 0 Å². The molecule has 0 saturated carbocycles. The maximum Gasteiger partial charge on any atom is 0.151 e. The van der Waals surface area contributed by atoms with Gasteiger partial charge in [0.05, 0.1) is 0 Å². The molecule has 0 N–H and O–H groups in total. The summed E-state index contributed by atoms with van der Waals surface area (Å²) in [5.41, 5.74) is 0.328. The summed E-state index contributed by atoms with van der Waals surface area (Å²) in [6.45, 7) is 13.4. The lowest BCUT2D eigenvalue weighted by Gasteiger charge is -2.33. The van der Waals surface area contributed by atoms with Crippen LogP contribution in [0.1, 0.15) is 13.8 Å². The van der Waals surface area contributed by atoms with Crippen molar-refractivity contribution in [2.45, 2.75) is 52.1 Å². The molecule has 0 radical (unpaired) electrons. The molecule has 0 fully saturated rings. The van der Waals surface area contributed by atoms with E-state index in [2.05, 4.69) is 40.0 Å². The largest absolute Gasteiger partial charge is 0.168 e. The van der Waals surface area contributed by atoms with Crippen molar-refractivity contribution in [3.8, 4) is 0 Å². The molecule has 0 aliphatic heterocycles. The van der Waals surface area contributed by atoms with Crippen molar-refractivity contribution in [2.24, 2.45) is 5.41 Å². The third-order valence-electron chi connectivity index (χ3n) is 1.80. The first-order valence-corrected chi connectivity index (χ1v) is 13.2. The zero-order chi connectivity index (χ0) is 10.9. The van der Waals surface area contributed by atoms with Gasteiger partial charge >= 0.3 is 0 Å². The van der Waals surface area contributed by atoms with Crippen LogP contribution in [0, 0.1) is 5.41 Å². The first kappa shape index (κ1) is 14.0. The number of hydrogen-bond acceptors (Lipinski definition) is 0. The molecule has 0 nitrogen and oxygen atoms in total. The summed E-state index contributed by atoms with van der Waals surface area (Å²) in [5.74, 6) is 0. The molecule has 0 aliphatic carbocycles. The molecular formula is C9H22Cl2Si2. The molecule has 0 spiro atoms. The molecule has 0 heterocycles. The zero-order valence-corrected chi connectivity index (χ0v) is 13.2. The summed E-state index contributed by atoms with van der Waals surface area (Å²) >= 11 is 12.7. The average Bonchev–Trinajstić information content (AvgIpc) is 1.43. The van der Waals surface area contributed by atoms with E-state index in [0.717, 1.165) is 12.1 Å². The van der Waals surface area contributed by atoms with E-state index < -0.39 is 14.8 Å². The topological polar surface area (TPSA) is 0 Å². The fourth-order valence-electron chi connectivity index (χ4n) is 2.34. The van der Waals surface area contributed by atoms with Crippen LogP contribution >= 0.6 is 22.2 Å². The number of rotatable bonds is 4. The quantitative estimate of drug-likeness (QED) is 0.496. The van der Waals surface area contributed by atoms with Gasteiger partial charge in [-0.2, -0.15) is 22.2 Å². The van der Waals surface area contributed by atoms with E-state index in [4.69, 9.17) is 22.2 Å². The molecule has 0 aliphatic rings. The van der Waals surface area contributed by atoms with E-state index in [1.807, 2.05) is 0 Å². The highest BCUT2D eigenvalue weighted by molar-refractivity contribution is 7.20. The van der Waals surface area contributed by atoms with Crippen LogP contribution in [0.4, 0.5) is 0 Å². The van der Waals surface area contributed by atoms with Gasteiger partial charge in [-0.05, 0) is 17.5 Å². The van der Waals surface area contributed by atoms with Gasteiger partial charge < -0.3 is 0 Å². The number of halogens is 2. The Morgan fingerprint density at radius 2 is 1.08 bits per heavy atom. The van der Waals surface area contributed by atoms with Crippen molar-refractivity contribution in [2.75, 3.05) is 0 Å². The van der Waals surface area contributed by atoms with Crippen molar-refractivity contribution in [1.82, 2.24) is 0 Å². The Hall–Kier alpha value is 1.01. The molecule has 0 aromatic carbocycles. The average molecular weight is 257 g/mol. The minimum absolute atomic E-state index is 0.328. The van der Waals surface area contributed by atoms with Crippen molar-refractivity contribution < 1.29 is 0 Å². The highest BCUT2D eigenvalue weighted by atomic mass is 35.6. The Bertz CT molecular complexity index is 147. The minimum atomic E-state index is -1.46. The Morgan fingerprint density at radius 3 is 1.23 bits per heavy atom. The van der Waals surface area contributed by atoms with E-state index in [0.29, 0.717) is 5.41 Å². The smallest absolute Gasteiger partial charge is 0.151 e. The second-order valence-electron chi connectivity index (χ2n) is 5.96. The molecule has 0 atom stereocenters. The molecular weight excluding hydrogens is 235 g/mol. The summed E-state index contributed by atoms with van der Waals surface area (Å²) in [7, 11) is -2.91. The first-order valence-electron chi connectivity index (χ1n) is 4.79. The van der Waals surface area contributed by atoms with Gasteiger partial charge in [-0.1, -0.05) is 40.0 Å². The third kappa shape index (κ3) is 9.32. The SMILES string of the molecule is CC(C)(C[Si](C)(C)Cl)C[Si](C)(C)Cl. The van der Waals surface area contributed by atoms with Gasteiger partial charge in [-0.25, -0.2) is 0 Å². The van der Waals surface area contributed by atoms with Crippen LogP contribution in [-0.2, 0) is 0 Å². The second-order valence-corrected chi connectivity index (χ2v) is 19.7. The van der Waals surface area contributed by atoms with Crippen LogP contribution in [0.15, 0.2) is 0 Å². The van der Waals surface area contributed by atoms with E-state index >= 15 is 0 Å². The van der Waals surface area contributed by atoms with Gasteiger partial charge in [-0.15, -0.1) is 0 Å². The summed E-state index contributed by atoms with van der Waals surface area (Å²) < 4.78 is 0. The van der Waals surface area contributed by atoms with Crippen LogP contribution in [0.5, 0.6) is 0 Å². The molecule has 13 heavy (non-hydrogen) atoms. The standard InChI is InChI=1S/C9H22Cl2Si2/c1-9(2,7-12(3,4)10)8-13(5,6)11/h7-8H2,1-6H3. The van der Waals surface area contributed by atoms with Crippen LogP contribution in [-0.4, -0.2) is 14.8 Å². The summed E-state index contributed by atoms with van der Waals surface area (Å²) in [4.78, 5) is 0. The Kier molecular flexibility index (Phi) is 4.59. The molecule has 80 valence electrons. The van der Waals surface area contributed by atoms with Crippen molar-refractivity contribution in [3.05, 3.63) is 0 Å². The van der Waals surface area contributed by atoms with Crippen molar-refractivity contribution >= 4 is 36.9 Å². The molecule has 0 aromatic heterocycles. The third-order valence-corrected chi connectivity index (χ3v) is 6.20. The molecule has 0 amide bonds. The Balaban J connectivity index is 4.25. The van der Waals surface area contributed by atoms with E-state index in [-0.39, 0.29) is 0 Å². The monoisotopic (exact) mass is 256 g/mol. The molecule has 0 unspecified atom stereocenters. The molecule has 0 saturated heterocycles. The Labute approximate surface area is 94.4 Å². The lowest BCUT2D eigenvalue weighted by molar-refractivity contribution is 0.458. The van der Waals surface area contributed by atoms with Crippen LogP contribution < -0.4 is 0 Å². The van der Waals surface area contributed by atoms with Gasteiger partial charge in [0.15, 0.2) is 14.8 Å². The predicted octanol–water partition coefficient (Wildman–Crippen LogP) is 4.90. The van der Waals surface area contributed by atoms with E-state index in [1.165, 1.54) is 0 Å². The molecule has 0 aromatic rings. The highest BCUT2D eigenvalue weighted by Gasteiger charge is 2.34. The molecule has 0 rings (SSSR count). The van der Waals surface area contributed by atoms with Gasteiger partial charge in [0.1, 0.15) is 0 Å². The van der Waals surface area contributed by atoms with Crippen LogP contribution in [0.25, 0.3) is 0 Å². The minimum Gasteiger partial charge on any atom is -0.168 e. The van der Waals surface area contributed by atoms with Crippen LogP contribution in [0.3, 0.4) is 0 Å². The van der Waals surface area contributed by atoms with Gasteiger partial charge in [0.2, 0.25) is 0 Å². The second kappa shape index (κ2) is 4.25. The first-order chi connectivity index (χ1) is 5.41. The maximum absolute atomic E-state index is 6.36. The van der Waals surface area contributed by atoms with Gasteiger partial charge in [-0.3, -0.25) is 0 Å². The number of hydrogen-bond donors (Lipinski definition) is 0. The lowest BCUT2D eigenvalue weighted by atomic mass is 10.00. The summed E-state index contributed by atoms with van der Waals surface area (Å²) in [5, 5.41) is 0. The fourth-order valence-corrected chi connectivity index (χ4v) is 9.56. The normalized spacial score (nSPS) is 14.8. The van der Waals surface area contributed by atoms with Crippen molar-refractivity contribution in [3.63, 3.8) is 0 Å². The molecule has 4 heteroatoms. The van der Waals surface area contributed by atoms with Crippen molar-refractivity contribution in [1.29, 1.82) is 0 Å². The highest BCUT2D eigenvalue weighted by Crippen LogP contribution is 2.38. The molecule has 0 bridgehead atoms. The lowest BCUT2D eigenvalue weighted by Crippen LogP contribution is -2.32. The predicted molar refractivity (Wildman–Crippen MR) is 70.1 cm³/mol. The summed E-state index contributed by atoms with van der Waals surface area (Å²) in [6.07, 6.45) is 0. The maximum atomic E-state index is 6.36. The van der Waals surface area contributed by atoms with Crippen LogP contribution in [0.2, 0.25) is 38.3 Å². The van der Waals surface area contributed by atoms with E-state index in [9.17, 15) is 0 Å².